The number of nitrogens with zero attached hydrogens (tertiary/aromatic N) is 1. The van der Waals surface area contributed by atoms with Gasteiger partial charge in [-0.1, -0.05) is 18.8 Å². The summed E-state index contributed by atoms with van der Waals surface area (Å²) in [4.78, 5) is 2.38. The van der Waals surface area contributed by atoms with Crippen LogP contribution in [0.2, 0.25) is 0 Å². The summed E-state index contributed by atoms with van der Waals surface area (Å²) >= 11 is 1.89. The Morgan fingerprint density at radius 1 is 1.43 bits per heavy atom. The number of nitrogens with two attached hydrogens (primary N) is 1. The highest BCUT2D eigenvalue weighted by Gasteiger charge is 2.14. The Morgan fingerprint density at radius 3 is 2.76 bits per heavy atom. The summed E-state index contributed by atoms with van der Waals surface area (Å²) in [7, 11) is 3.88. The van der Waals surface area contributed by atoms with E-state index in [-0.39, 0.29) is 0 Å². The van der Waals surface area contributed by atoms with E-state index in [1.807, 2.05) is 23.9 Å². The Labute approximate surface area is 133 Å². The minimum Gasteiger partial charge on any atom is -0.496 e. The zero-order valence-corrected chi connectivity index (χ0v) is 14.3. The van der Waals surface area contributed by atoms with Crippen molar-refractivity contribution in [1.29, 1.82) is 0 Å². The number of methoxy groups -OCH3 is 1. The van der Waals surface area contributed by atoms with Gasteiger partial charge in [-0.05, 0) is 37.9 Å². The number of thioether (sulfide) groups is 1. The third-order valence-electron chi connectivity index (χ3n) is 3.49. The van der Waals surface area contributed by atoms with Crippen LogP contribution in [0.5, 0.6) is 5.75 Å². The molecule has 1 aromatic carbocycles. The average molecular weight is 306 g/mol. The second kappa shape index (κ2) is 9.73. The third kappa shape index (κ3) is 5.62. The zero-order chi connectivity index (χ0) is 15.7. The van der Waals surface area contributed by atoms with Gasteiger partial charge in [0.25, 0.3) is 0 Å². The second-order valence-corrected chi connectivity index (χ2v) is 5.88. The fourth-order valence-electron chi connectivity index (χ4n) is 2.28. The van der Waals surface area contributed by atoms with E-state index in [9.17, 15) is 0 Å². The quantitative estimate of drug-likeness (QED) is 0.786. The topological polar surface area (TPSA) is 38.5 Å². The monoisotopic (exact) mass is 306 g/mol. The molecular formula is C17H26N2OS. The van der Waals surface area contributed by atoms with Crippen molar-refractivity contribution in [3.63, 3.8) is 0 Å². The van der Waals surface area contributed by atoms with Gasteiger partial charge in [0.05, 0.1) is 13.7 Å². The van der Waals surface area contributed by atoms with Gasteiger partial charge < -0.3 is 10.5 Å². The van der Waals surface area contributed by atoms with Gasteiger partial charge in [-0.25, -0.2) is 0 Å². The molecule has 0 fully saturated rings. The van der Waals surface area contributed by atoms with Crippen molar-refractivity contribution in [2.75, 3.05) is 32.7 Å². The number of benzene rings is 1. The van der Waals surface area contributed by atoms with E-state index < -0.39 is 0 Å². The van der Waals surface area contributed by atoms with E-state index >= 15 is 0 Å². The lowest BCUT2D eigenvalue weighted by atomic mass is 10.1. The molecule has 1 aromatic rings. The van der Waals surface area contributed by atoms with Crippen LogP contribution in [0.1, 0.15) is 24.5 Å². The van der Waals surface area contributed by atoms with Gasteiger partial charge in [-0.15, -0.1) is 0 Å². The predicted molar refractivity (Wildman–Crippen MR) is 92.9 cm³/mol. The minimum atomic E-state index is 0.382. The van der Waals surface area contributed by atoms with Gasteiger partial charge in [0.2, 0.25) is 0 Å². The van der Waals surface area contributed by atoms with Crippen molar-refractivity contribution >= 4 is 11.8 Å². The molecule has 21 heavy (non-hydrogen) atoms. The van der Waals surface area contributed by atoms with E-state index in [2.05, 4.69) is 43.0 Å². The normalized spacial score (nSPS) is 11.9. The lowest BCUT2D eigenvalue weighted by Crippen LogP contribution is -2.32. The lowest BCUT2D eigenvalue weighted by molar-refractivity contribution is 0.244. The Bertz CT molecular complexity index is 493. The number of rotatable bonds is 7. The van der Waals surface area contributed by atoms with E-state index in [0.29, 0.717) is 12.6 Å². The van der Waals surface area contributed by atoms with Crippen LogP contribution < -0.4 is 10.5 Å². The molecule has 1 rings (SSSR count). The summed E-state index contributed by atoms with van der Waals surface area (Å²) in [5.41, 5.74) is 7.59. The molecule has 0 saturated heterocycles. The van der Waals surface area contributed by atoms with Gasteiger partial charge in [-0.3, -0.25) is 4.90 Å². The Hall–Kier alpha value is -1.15. The highest BCUT2D eigenvalue weighted by molar-refractivity contribution is 7.98. The highest BCUT2D eigenvalue weighted by atomic mass is 32.2. The van der Waals surface area contributed by atoms with Crippen molar-refractivity contribution in [3.05, 3.63) is 29.3 Å². The number of hydrogen-bond acceptors (Lipinski definition) is 4. The molecule has 0 heterocycles. The van der Waals surface area contributed by atoms with Gasteiger partial charge >= 0.3 is 0 Å². The van der Waals surface area contributed by atoms with Crippen LogP contribution >= 0.6 is 11.8 Å². The molecule has 2 N–H and O–H groups in total. The standard InChI is InChI=1S/C17H26N2OS/c1-5-16(13-21-4)19(2)12-15-11-14(7-6-10-18)8-9-17(15)20-3/h8-9,11,16H,5,10,12-13,18H2,1-4H3. The van der Waals surface area contributed by atoms with Gasteiger partial charge in [0.1, 0.15) is 5.75 Å². The highest BCUT2D eigenvalue weighted by Crippen LogP contribution is 2.22. The molecule has 0 aliphatic rings. The summed E-state index contributed by atoms with van der Waals surface area (Å²) < 4.78 is 5.47. The van der Waals surface area contributed by atoms with Crippen molar-refractivity contribution in [3.8, 4) is 17.6 Å². The van der Waals surface area contributed by atoms with Crippen LogP contribution in [0.15, 0.2) is 18.2 Å². The molecule has 0 radical (unpaired) electrons. The minimum absolute atomic E-state index is 0.382. The van der Waals surface area contributed by atoms with Crippen LogP contribution in [-0.2, 0) is 6.54 Å². The first-order valence-electron chi connectivity index (χ1n) is 7.21. The fraction of sp³-hybridized carbons (Fsp3) is 0.529. The van der Waals surface area contributed by atoms with Gasteiger partial charge in [0, 0.05) is 29.5 Å². The van der Waals surface area contributed by atoms with Crippen LogP contribution in [0.4, 0.5) is 0 Å². The van der Waals surface area contributed by atoms with Crippen molar-refractivity contribution in [2.45, 2.75) is 25.9 Å². The first-order valence-corrected chi connectivity index (χ1v) is 8.60. The first-order chi connectivity index (χ1) is 10.2. The molecule has 0 saturated carbocycles. The fourth-order valence-corrected chi connectivity index (χ4v) is 3.15. The average Bonchev–Trinajstić information content (AvgIpc) is 2.50. The molecule has 0 aliphatic heterocycles. The Morgan fingerprint density at radius 2 is 2.19 bits per heavy atom. The molecule has 1 atom stereocenters. The van der Waals surface area contributed by atoms with E-state index in [1.165, 1.54) is 5.56 Å². The van der Waals surface area contributed by atoms with E-state index in [0.717, 1.165) is 30.0 Å². The second-order valence-electron chi connectivity index (χ2n) is 4.97. The lowest BCUT2D eigenvalue weighted by Gasteiger charge is -2.27. The summed E-state index contributed by atoms with van der Waals surface area (Å²) in [6.07, 6.45) is 3.30. The molecule has 0 spiro atoms. The van der Waals surface area contributed by atoms with Crippen LogP contribution in [0, 0.1) is 11.8 Å². The molecule has 1 unspecified atom stereocenters. The summed E-state index contributed by atoms with van der Waals surface area (Å²) in [5, 5.41) is 0. The Balaban J connectivity index is 2.93. The van der Waals surface area contributed by atoms with Crippen LogP contribution in [-0.4, -0.2) is 43.7 Å². The summed E-state index contributed by atoms with van der Waals surface area (Å²) in [6, 6.07) is 6.64. The van der Waals surface area contributed by atoms with Gasteiger partial charge in [0.15, 0.2) is 0 Å². The Kier molecular flexibility index (Phi) is 8.29. The first kappa shape index (κ1) is 17.9. The maximum Gasteiger partial charge on any atom is 0.123 e. The van der Waals surface area contributed by atoms with E-state index in [1.54, 1.807) is 7.11 Å². The molecule has 4 heteroatoms. The van der Waals surface area contributed by atoms with Crippen molar-refractivity contribution < 1.29 is 4.74 Å². The smallest absolute Gasteiger partial charge is 0.123 e. The van der Waals surface area contributed by atoms with Crippen LogP contribution in [0.3, 0.4) is 0 Å². The van der Waals surface area contributed by atoms with Crippen molar-refractivity contribution in [1.82, 2.24) is 4.90 Å². The maximum atomic E-state index is 5.47. The predicted octanol–water partition coefficient (Wildman–Crippen LogP) is 2.58. The summed E-state index contributed by atoms with van der Waals surface area (Å²) in [6.45, 7) is 3.48. The number of hydrogen-bond donors (Lipinski definition) is 1. The molecular weight excluding hydrogens is 280 g/mol. The van der Waals surface area contributed by atoms with Crippen LogP contribution in [0.25, 0.3) is 0 Å². The molecule has 0 aromatic heterocycles. The molecule has 0 bridgehead atoms. The number of ether oxygens (including phenoxy) is 1. The van der Waals surface area contributed by atoms with Crippen molar-refractivity contribution in [2.24, 2.45) is 5.73 Å². The molecule has 0 amide bonds. The summed E-state index contributed by atoms with van der Waals surface area (Å²) in [5.74, 6) is 8.04. The SMILES string of the molecule is CCC(CSC)N(C)Cc1cc(C#CCN)ccc1OC. The molecule has 3 nitrogen and oxygen atoms in total. The molecule has 0 aliphatic carbocycles. The van der Waals surface area contributed by atoms with Gasteiger partial charge in [-0.2, -0.15) is 11.8 Å². The zero-order valence-electron chi connectivity index (χ0n) is 13.5. The maximum absolute atomic E-state index is 5.47. The molecule has 116 valence electrons. The third-order valence-corrected chi connectivity index (χ3v) is 4.21. The largest absolute Gasteiger partial charge is 0.496 e. The van der Waals surface area contributed by atoms with E-state index in [4.69, 9.17) is 10.5 Å².